The minimum absolute atomic E-state index is 0.217. The zero-order chi connectivity index (χ0) is 18.2. The highest BCUT2D eigenvalue weighted by molar-refractivity contribution is 5.97. The van der Waals surface area contributed by atoms with Crippen LogP contribution in [0, 0.1) is 29.6 Å². The Morgan fingerprint density at radius 3 is 2.60 bits per heavy atom. The number of carbonyl (C=O) groups excluding carboxylic acids is 1. The summed E-state index contributed by atoms with van der Waals surface area (Å²) in [6, 6.07) is 9.52. The van der Waals surface area contributed by atoms with Gasteiger partial charge in [-0.3, -0.25) is 9.48 Å². The number of aryl methyl sites for hydroxylation is 1. The van der Waals surface area contributed by atoms with Crippen molar-refractivity contribution in [3.05, 3.63) is 46.8 Å². The summed E-state index contributed by atoms with van der Waals surface area (Å²) in [5.41, 5.74) is 2.45. The van der Waals surface area contributed by atoms with Crippen LogP contribution in [0.1, 0.15) is 55.0 Å². The van der Waals surface area contributed by atoms with Crippen molar-refractivity contribution >= 4 is 11.6 Å². The first-order chi connectivity index (χ1) is 11.9. The summed E-state index contributed by atoms with van der Waals surface area (Å²) in [5, 5.41) is 25.4. The number of benzene rings is 1. The largest absolute Gasteiger partial charge is 0.324 e. The summed E-state index contributed by atoms with van der Waals surface area (Å²) in [7, 11) is 0. The van der Waals surface area contributed by atoms with Gasteiger partial charge in [-0.1, -0.05) is 0 Å². The van der Waals surface area contributed by atoms with Crippen LogP contribution in [-0.4, -0.2) is 15.7 Å². The highest BCUT2D eigenvalue weighted by Gasteiger charge is 2.33. The van der Waals surface area contributed by atoms with Crippen LogP contribution in [0.25, 0.3) is 0 Å². The van der Waals surface area contributed by atoms with Gasteiger partial charge in [0.15, 0.2) is 5.69 Å². The Morgan fingerprint density at radius 2 is 2.04 bits per heavy atom. The van der Waals surface area contributed by atoms with E-state index in [0.717, 1.165) is 29.7 Å². The molecule has 3 rings (SSSR count). The smallest absolute Gasteiger partial charge is 0.251 e. The number of aromatic nitrogens is 2. The molecule has 0 atom stereocenters. The van der Waals surface area contributed by atoms with Crippen LogP contribution in [0.3, 0.4) is 0 Å². The Labute approximate surface area is 146 Å². The van der Waals surface area contributed by atoms with Crippen LogP contribution in [0.2, 0.25) is 0 Å². The molecule has 25 heavy (non-hydrogen) atoms. The lowest BCUT2D eigenvalue weighted by molar-refractivity contribution is -0.123. The van der Waals surface area contributed by atoms with Gasteiger partial charge in [-0.2, -0.15) is 15.6 Å². The molecule has 0 saturated heterocycles. The molecule has 6 heteroatoms. The lowest BCUT2D eigenvalue weighted by Gasteiger charge is -2.25. The number of nitriles is 2. The molecule has 1 heterocycles. The van der Waals surface area contributed by atoms with Crippen molar-refractivity contribution in [1.82, 2.24) is 9.78 Å². The zero-order valence-corrected chi connectivity index (χ0v) is 14.5. The second-order valence-electron chi connectivity index (χ2n) is 6.92. The monoisotopic (exact) mass is 333 g/mol. The van der Waals surface area contributed by atoms with Crippen molar-refractivity contribution < 1.29 is 4.79 Å². The van der Waals surface area contributed by atoms with Gasteiger partial charge in [0, 0.05) is 17.4 Å². The second-order valence-corrected chi connectivity index (χ2v) is 6.92. The van der Waals surface area contributed by atoms with Crippen molar-refractivity contribution in [3.8, 4) is 12.1 Å². The zero-order valence-electron chi connectivity index (χ0n) is 14.5. The molecule has 0 unspecified atom stereocenters. The van der Waals surface area contributed by atoms with E-state index in [1.54, 1.807) is 39.1 Å². The fraction of sp³-hybridized carbons (Fsp3) is 0.368. The van der Waals surface area contributed by atoms with E-state index in [1.807, 2.05) is 12.1 Å². The summed E-state index contributed by atoms with van der Waals surface area (Å²) in [5.74, 6) is 0.190. The van der Waals surface area contributed by atoms with Gasteiger partial charge in [0.1, 0.15) is 11.6 Å². The second kappa shape index (κ2) is 6.07. The number of nitrogens with one attached hydrogen (secondary N) is 1. The first-order valence-corrected chi connectivity index (χ1v) is 8.19. The minimum atomic E-state index is -0.950. The molecular formula is C19H19N5O. The van der Waals surface area contributed by atoms with Gasteiger partial charge < -0.3 is 5.32 Å². The summed E-state index contributed by atoms with van der Waals surface area (Å²) < 4.78 is 1.52. The molecule has 0 bridgehead atoms. The third kappa shape index (κ3) is 3.12. The Balaban J connectivity index is 1.89. The third-order valence-electron chi connectivity index (χ3n) is 4.58. The highest BCUT2D eigenvalue weighted by Crippen LogP contribution is 2.44. The molecule has 6 nitrogen and oxygen atoms in total. The standard InChI is InChI=1S/C19H19N5O/c1-12-11-24(23-17(12)10-21)19(2,3)18(25)22-16-7-4-13(9-20)8-15(16)14-5-6-14/h4,7-8,11,14H,5-6H2,1-3H3,(H,22,25). The predicted molar refractivity (Wildman–Crippen MR) is 92.8 cm³/mol. The Hall–Kier alpha value is -3.12. The van der Waals surface area contributed by atoms with E-state index in [0.29, 0.717) is 17.2 Å². The summed E-state index contributed by atoms with van der Waals surface area (Å²) >= 11 is 0. The van der Waals surface area contributed by atoms with E-state index in [1.165, 1.54) is 4.68 Å². The molecule has 1 aliphatic rings. The number of amides is 1. The van der Waals surface area contributed by atoms with E-state index in [9.17, 15) is 4.79 Å². The molecule has 126 valence electrons. The summed E-state index contributed by atoms with van der Waals surface area (Å²) in [6.45, 7) is 5.31. The molecular weight excluding hydrogens is 314 g/mol. The van der Waals surface area contributed by atoms with E-state index in [-0.39, 0.29) is 5.91 Å². The van der Waals surface area contributed by atoms with Crippen LogP contribution in [0.5, 0.6) is 0 Å². The number of anilines is 1. The van der Waals surface area contributed by atoms with Crippen molar-refractivity contribution in [2.75, 3.05) is 5.32 Å². The van der Waals surface area contributed by atoms with Crippen molar-refractivity contribution in [3.63, 3.8) is 0 Å². The van der Waals surface area contributed by atoms with Crippen molar-refractivity contribution in [1.29, 1.82) is 10.5 Å². The minimum Gasteiger partial charge on any atom is -0.324 e. The van der Waals surface area contributed by atoms with Gasteiger partial charge in [0.2, 0.25) is 0 Å². The SMILES string of the molecule is Cc1cn(C(C)(C)C(=O)Nc2ccc(C#N)cc2C2CC2)nc1C#N. The summed E-state index contributed by atoms with van der Waals surface area (Å²) in [4.78, 5) is 12.9. The molecule has 1 fully saturated rings. The Bertz CT molecular complexity index is 922. The van der Waals surface area contributed by atoms with Crippen LogP contribution >= 0.6 is 0 Å². The topological polar surface area (TPSA) is 94.5 Å². The number of rotatable bonds is 4. The normalized spacial score (nSPS) is 13.8. The average Bonchev–Trinajstić information content (AvgIpc) is 3.36. The summed E-state index contributed by atoms with van der Waals surface area (Å²) in [6.07, 6.45) is 3.86. The number of hydrogen-bond acceptors (Lipinski definition) is 4. The molecule has 1 N–H and O–H groups in total. The van der Waals surface area contributed by atoms with E-state index in [2.05, 4.69) is 16.5 Å². The van der Waals surface area contributed by atoms with E-state index >= 15 is 0 Å². The fourth-order valence-corrected chi connectivity index (χ4v) is 2.71. The third-order valence-corrected chi connectivity index (χ3v) is 4.58. The Morgan fingerprint density at radius 1 is 1.32 bits per heavy atom. The quantitative estimate of drug-likeness (QED) is 0.929. The molecule has 0 spiro atoms. The lowest BCUT2D eigenvalue weighted by atomic mass is 10.0. The van der Waals surface area contributed by atoms with Crippen LogP contribution in [0.15, 0.2) is 24.4 Å². The first-order valence-electron chi connectivity index (χ1n) is 8.19. The van der Waals surface area contributed by atoms with Crippen molar-refractivity contribution in [2.45, 2.75) is 45.1 Å². The molecule has 1 aromatic heterocycles. The van der Waals surface area contributed by atoms with Crippen LogP contribution < -0.4 is 5.32 Å². The van der Waals surface area contributed by atoms with Gasteiger partial charge in [-0.25, -0.2) is 0 Å². The molecule has 0 aliphatic heterocycles. The molecule has 1 saturated carbocycles. The van der Waals surface area contributed by atoms with Crippen LogP contribution in [0.4, 0.5) is 5.69 Å². The van der Waals surface area contributed by atoms with Gasteiger partial charge in [-0.05, 0) is 63.3 Å². The first kappa shape index (κ1) is 16.7. The number of hydrogen-bond donors (Lipinski definition) is 1. The van der Waals surface area contributed by atoms with E-state index in [4.69, 9.17) is 10.5 Å². The maximum absolute atomic E-state index is 12.9. The van der Waals surface area contributed by atoms with Gasteiger partial charge in [0.25, 0.3) is 5.91 Å². The average molecular weight is 333 g/mol. The number of carbonyl (C=O) groups is 1. The Kier molecular flexibility index (Phi) is 4.06. The molecule has 1 aromatic carbocycles. The molecule has 0 radical (unpaired) electrons. The highest BCUT2D eigenvalue weighted by atomic mass is 16.2. The van der Waals surface area contributed by atoms with Gasteiger partial charge >= 0.3 is 0 Å². The molecule has 2 aromatic rings. The maximum atomic E-state index is 12.9. The van der Waals surface area contributed by atoms with E-state index < -0.39 is 5.54 Å². The molecule has 1 aliphatic carbocycles. The predicted octanol–water partition coefficient (Wildman–Crippen LogP) is 3.19. The maximum Gasteiger partial charge on any atom is 0.251 e. The fourth-order valence-electron chi connectivity index (χ4n) is 2.71. The van der Waals surface area contributed by atoms with Crippen molar-refractivity contribution in [2.24, 2.45) is 0 Å². The molecule has 1 amide bonds. The number of nitrogens with zero attached hydrogens (tertiary/aromatic N) is 4. The van der Waals surface area contributed by atoms with Gasteiger partial charge in [0.05, 0.1) is 11.6 Å². The van der Waals surface area contributed by atoms with Gasteiger partial charge in [-0.15, -0.1) is 0 Å². The lowest BCUT2D eigenvalue weighted by Crippen LogP contribution is -2.41. The van der Waals surface area contributed by atoms with Crippen LogP contribution in [-0.2, 0) is 10.3 Å².